The van der Waals surface area contributed by atoms with Crippen molar-refractivity contribution in [2.24, 2.45) is 27.9 Å². The predicted molar refractivity (Wildman–Crippen MR) is 186 cm³/mol. The van der Waals surface area contributed by atoms with Crippen LogP contribution in [0.1, 0.15) is 44.7 Å². The Balaban J connectivity index is 0.000000976. The number of esters is 2. The van der Waals surface area contributed by atoms with Crippen LogP contribution in [0.2, 0.25) is 0 Å². The summed E-state index contributed by atoms with van der Waals surface area (Å²) in [6.07, 6.45) is 2.92. The summed E-state index contributed by atoms with van der Waals surface area (Å²) in [6, 6.07) is 12.5. The van der Waals surface area contributed by atoms with Crippen LogP contribution in [-0.2, 0) is 35.1 Å². The van der Waals surface area contributed by atoms with Crippen molar-refractivity contribution < 1.29 is 48.8 Å². The summed E-state index contributed by atoms with van der Waals surface area (Å²) >= 11 is 0. The summed E-state index contributed by atoms with van der Waals surface area (Å²) in [5.74, 6) is -3.07. The molecular formula is C33H49N7O10. The van der Waals surface area contributed by atoms with Crippen LogP contribution in [-0.4, -0.2) is 95.1 Å². The standard InChI is InChI=1S/C20H31N5O5.C10H11NO2.C3H7NO3/c1-20(2,3)30-19(28)25-15(12-13-8-5-4-6-9-13)17(27)29-16(26)14(21)10-7-11-24-18(22)23;1-11-10(13)7-6-8-4-2-3-5-9(8)12;4-2(1-5)3(6)7/h4-6,8-9,14-15H,7,10-12,21H2,1-3H3,(H,25,28)(H4,22,23,24);2-7,12H,1H3,(H,11,13);2,5H,1,4H2,(H,6,7)/b;7-6-;/t14-,15-;;2-/m0.0/s1. The number of alkyl carbamates (subject to hydrolysis) is 1. The molecule has 2 amide bonds. The number of aliphatic hydroxyl groups is 1. The summed E-state index contributed by atoms with van der Waals surface area (Å²) in [6.45, 7) is 4.88. The summed E-state index contributed by atoms with van der Waals surface area (Å²) in [7, 11) is 1.55. The molecule has 13 N–H and O–H groups in total. The van der Waals surface area contributed by atoms with E-state index in [1.807, 2.05) is 6.07 Å². The lowest BCUT2D eigenvalue weighted by molar-refractivity contribution is -0.162. The average Bonchev–Trinajstić information content (AvgIpc) is 3.05. The zero-order valence-corrected chi connectivity index (χ0v) is 28.6. The van der Waals surface area contributed by atoms with Gasteiger partial charge in [0.05, 0.1) is 6.61 Å². The van der Waals surface area contributed by atoms with Gasteiger partial charge in [0.25, 0.3) is 0 Å². The van der Waals surface area contributed by atoms with Crippen LogP contribution in [0.15, 0.2) is 65.7 Å². The van der Waals surface area contributed by atoms with Crippen LogP contribution >= 0.6 is 0 Å². The van der Waals surface area contributed by atoms with Crippen LogP contribution in [0.3, 0.4) is 0 Å². The molecule has 0 radical (unpaired) electrons. The van der Waals surface area contributed by atoms with Gasteiger partial charge in [-0.25, -0.2) is 14.4 Å². The first-order chi connectivity index (χ1) is 23.4. The number of hydrogen-bond donors (Lipinski definition) is 9. The van der Waals surface area contributed by atoms with Gasteiger partial charge < -0.3 is 58.4 Å². The van der Waals surface area contributed by atoms with Gasteiger partial charge in [-0.05, 0) is 51.3 Å². The zero-order chi connectivity index (χ0) is 38.3. The molecule has 276 valence electrons. The fraction of sp³-hybridized carbons (Fsp3) is 0.394. The number of likely N-dealkylation sites (N-methyl/N-ethyl adjacent to an activating group) is 1. The average molecular weight is 704 g/mol. The Morgan fingerprint density at radius 2 is 1.54 bits per heavy atom. The molecule has 17 heteroatoms. The van der Waals surface area contributed by atoms with Crippen molar-refractivity contribution in [3.05, 3.63) is 71.8 Å². The number of carboxylic acids is 1. The molecule has 17 nitrogen and oxygen atoms in total. The molecule has 0 saturated carbocycles. The highest BCUT2D eigenvalue weighted by atomic mass is 16.6. The number of nitrogens with two attached hydrogens (primary N) is 4. The Morgan fingerprint density at radius 3 is 2.04 bits per heavy atom. The Kier molecular flexibility index (Phi) is 21.1. The number of guanidine groups is 1. The van der Waals surface area contributed by atoms with Gasteiger partial charge in [-0.15, -0.1) is 0 Å². The monoisotopic (exact) mass is 703 g/mol. The maximum atomic E-state index is 12.6. The number of aromatic hydroxyl groups is 1. The van der Waals surface area contributed by atoms with Crippen molar-refractivity contribution in [1.82, 2.24) is 10.6 Å². The lowest BCUT2D eigenvalue weighted by Crippen LogP contribution is -2.47. The van der Waals surface area contributed by atoms with Crippen LogP contribution in [0.5, 0.6) is 5.75 Å². The number of phenolic OH excluding ortho intramolecular Hbond substituents is 1. The minimum atomic E-state index is -1.18. The van der Waals surface area contributed by atoms with E-state index < -0.39 is 54.3 Å². The lowest BCUT2D eigenvalue weighted by Gasteiger charge is -2.23. The number of carbonyl (C=O) groups is 5. The minimum Gasteiger partial charge on any atom is -0.507 e. The van der Waals surface area contributed by atoms with Gasteiger partial charge in [-0.2, -0.15) is 0 Å². The fourth-order valence-electron chi connectivity index (χ4n) is 3.33. The second-order valence-electron chi connectivity index (χ2n) is 11.3. The summed E-state index contributed by atoms with van der Waals surface area (Å²) in [4.78, 5) is 61.1. The Labute approximate surface area is 290 Å². The third-order valence-corrected chi connectivity index (χ3v) is 5.84. The predicted octanol–water partition coefficient (Wildman–Crippen LogP) is 0.115. The van der Waals surface area contributed by atoms with E-state index in [-0.39, 0.29) is 30.5 Å². The van der Waals surface area contributed by atoms with E-state index in [1.54, 1.807) is 82.4 Å². The highest BCUT2D eigenvalue weighted by molar-refractivity contribution is 5.92. The third-order valence-electron chi connectivity index (χ3n) is 5.84. The summed E-state index contributed by atoms with van der Waals surface area (Å²) in [5, 5.41) is 30.1. The maximum Gasteiger partial charge on any atom is 0.408 e. The first-order valence-corrected chi connectivity index (χ1v) is 15.3. The highest BCUT2D eigenvalue weighted by Crippen LogP contribution is 2.16. The molecule has 50 heavy (non-hydrogen) atoms. The second-order valence-corrected chi connectivity index (χ2v) is 11.3. The number of carbonyl (C=O) groups excluding carboxylic acids is 4. The molecule has 0 saturated heterocycles. The third kappa shape index (κ3) is 21.4. The molecule has 2 rings (SSSR count). The van der Waals surface area contributed by atoms with Gasteiger partial charge in [0, 0.05) is 31.7 Å². The number of amides is 2. The molecule has 0 aromatic heterocycles. The smallest absolute Gasteiger partial charge is 0.408 e. The molecule has 0 aliphatic carbocycles. The van der Waals surface area contributed by atoms with Crippen LogP contribution < -0.4 is 33.6 Å². The van der Waals surface area contributed by atoms with E-state index in [2.05, 4.69) is 15.6 Å². The topological polar surface area (TPSA) is 305 Å². The number of aliphatic hydroxyl groups excluding tert-OH is 1. The highest BCUT2D eigenvalue weighted by Gasteiger charge is 2.29. The Hall–Kier alpha value is -5.52. The van der Waals surface area contributed by atoms with Crippen molar-refractivity contribution in [1.29, 1.82) is 0 Å². The number of hydrogen-bond acceptors (Lipinski definition) is 12. The van der Waals surface area contributed by atoms with Crippen LogP contribution in [0.4, 0.5) is 4.79 Å². The number of para-hydroxylation sites is 1. The molecule has 3 atom stereocenters. The number of ether oxygens (including phenoxy) is 2. The lowest BCUT2D eigenvalue weighted by atomic mass is 10.1. The fourth-order valence-corrected chi connectivity index (χ4v) is 3.33. The minimum absolute atomic E-state index is 0.0571. The molecule has 0 unspecified atom stereocenters. The number of benzene rings is 2. The van der Waals surface area contributed by atoms with E-state index >= 15 is 0 Å². The molecule has 2 aromatic rings. The maximum absolute atomic E-state index is 12.6. The summed E-state index contributed by atoms with van der Waals surface area (Å²) < 4.78 is 10.1. The molecule has 0 spiro atoms. The van der Waals surface area contributed by atoms with E-state index in [4.69, 9.17) is 42.6 Å². The van der Waals surface area contributed by atoms with Crippen LogP contribution in [0.25, 0.3) is 6.08 Å². The number of phenols is 1. The molecule has 2 aromatic carbocycles. The number of nitrogens with zero attached hydrogens (tertiary/aromatic N) is 1. The van der Waals surface area contributed by atoms with Crippen molar-refractivity contribution >= 4 is 41.9 Å². The first kappa shape index (κ1) is 44.5. The van der Waals surface area contributed by atoms with Crippen molar-refractivity contribution in [2.75, 3.05) is 20.2 Å². The molecule has 0 heterocycles. The molecule has 0 fully saturated rings. The number of aliphatic carboxylic acids is 1. The molecular weight excluding hydrogens is 654 g/mol. The number of aliphatic imine (C=N–C) groups is 1. The van der Waals surface area contributed by atoms with E-state index in [0.717, 1.165) is 5.56 Å². The largest absolute Gasteiger partial charge is 0.507 e. The summed E-state index contributed by atoms with van der Waals surface area (Å²) in [5.41, 5.74) is 21.6. The Morgan fingerprint density at radius 1 is 0.940 bits per heavy atom. The number of nitrogens with one attached hydrogen (secondary N) is 2. The van der Waals surface area contributed by atoms with Gasteiger partial charge >= 0.3 is 24.0 Å². The van der Waals surface area contributed by atoms with E-state index in [9.17, 15) is 29.1 Å². The number of carboxylic acid groups (broad SMARTS) is 1. The quantitative estimate of drug-likeness (QED) is 0.0334. The molecule has 0 aliphatic rings. The second kappa shape index (κ2) is 23.7. The van der Waals surface area contributed by atoms with Gasteiger partial charge in [0.1, 0.15) is 29.5 Å². The zero-order valence-electron chi connectivity index (χ0n) is 28.6. The molecule has 0 aliphatic heterocycles. The van der Waals surface area contributed by atoms with Gasteiger partial charge in [0.2, 0.25) is 5.91 Å². The first-order valence-electron chi connectivity index (χ1n) is 15.3. The van der Waals surface area contributed by atoms with Crippen molar-refractivity contribution in [3.63, 3.8) is 0 Å². The van der Waals surface area contributed by atoms with Crippen LogP contribution in [0, 0.1) is 0 Å². The number of rotatable bonds is 13. The van der Waals surface area contributed by atoms with Crippen molar-refractivity contribution in [3.8, 4) is 5.75 Å². The SMILES string of the molecule is CC(C)(C)OC(=O)N[C@@H](Cc1ccccc1)C(=O)OC(=O)[C@@H](N)CCCN=C(N)N.CNC(=O)/C=C\c1ccccc1O.N[C@@H](CO)C(=O)O. The van der Waals surface area contributed by atoms with E-state index in [1.165, 1.54) is 6.08 Å². The van der Waals surface area contributed by atoms with Gasteiger partial charge in [-0.3, -0.25) is 14.6 Å². The van der Waals surface area contributed by atoms with Gasteiger partial charge in [0.15, 0.2) is 5.96 Å². The normalized spacial score (nSPS) is 12.3. The molecule has 0 bridgehead atoms. The van der Waals surface area contributed by atoms with Gasteiger partial charge in [-0.1, -0.05) is 48.5 Å². The van der Waals surface area contributed by atoms with Crippen molar-refractivity contribution in [2.45, 2.75) is 63.8 Å². The van der Waals surface area contributed by atoms with E-state index in [0.29, 0.717) is 18.5 Å². The Bertz CT molecular complexity index is 1430.